The van der Waals surface area contributed by atoms with Crippen LogP contribution in [0.15, 0.2) is 18.2 Å². The van der Waals surface area contributed by atoms with Crippen LogP contribution in [0.5, 0.6) is 11.5 Å². The fourth-order valence-corrected chi connectivity index (χ4v) is 2.99. The Morgan fingerprint density at radius 3 is 2.39 bits per heavy atom. The molecule has 0 aromatic heterocycles. The maximum Gasteiger partial charge on any atom is 0.239 e. The lowest BCUT2D eigenvalue weighted by molar-refractivity contribution is -0.123. The molecule has 2 rings (SSSR count). The summed E-state index contributed by atoms with van der Waals surface area (Å²) in [4.78, 5) is 14.5. The summed E-state index contributed by atoms with van der Waals surface area (Å²) >= 11 is 0. The van der Waals surface area contributed by atoms with Gasteiger partial charge in [0.25, 0.3) is 0 Å². The van der Waals surface area contributed by atoms with Gasteiger partial charge in [0.05, 0.1) is 40.1 Å². The molecule has 1 aromatic rings. The second-order valence-electron chi connectivity index (χ2n) is 6.09. The molecule has 2 unspecified atom stereocenters. The molecular formula is C18H31Cl2N3O5. The predicted molar refractivity (Wildman–Crippen MR) is 112 cm³/mol. The first kappa shape index (κ1) is 26.7. The molecule has 1 amide bonds. The van der Waals surface area contributed by atoms with Gasteiger partial charge in [-0.2, -0.15) is 0 Å². The van der Waals surface area contributed by atoms with Gasteiger partial charge in [-0.1, -0.05) is 6.07 Å². The highest BCUT2D eigenvalue weighted by atomic mass is 35.5. The minimum Gasteiger partial charge on any atom is -0.493 e. The third-order valence-corrected chi connectivity index (χ3v) is 4.43. The maximum atomic E-state index is 12.2. The van der Waals surface area contributed by atoms with Crippen molar-refractivity contribution in [3.05, 3.63) is 23.8 Å². The monoisotopic (exact) mass is 439 g/mol. The van der Waals surface area contributed by atoms with Gasteiger partial charge in [0, 0.05) is 26.7 Å². The van der Waals surface area contributed by atoms with Gasteiger partial charge in [0.1, 0.15) is 6.04 Å². The third kappa shape index (κ3) is 7.27. The van der Waals surface area contributed by atoms with E-state index in [1.54, 1.807) is 14.2 Å². The number of methoxy groups -OCH3 is 3. The number of nitrogens with two attached hydrogens (primary N) is 1. The number of halogens is 2. The zero-order chi connectivity index (χ0) is 18.9. The van der Waals surface area contributed by atoms with E-state index in [1.165, 1.54) is 7.11 Å². The van der Waals surface area contributed by atoms with Gasteiger partial charge in [0.15, 0.2) is 11.5 Å². The molecule has 0 radical (unpaired) electrons. The number of morpholine rings is 1. The quantitative estimate of drug-likeness (QED) is 0.592. The molecule has 1 fully saturated rings. The number of amides is 1. The van der Waals surface area contributed by atoms with E-state index in [-0.39, 0.29) is 43.4 Å². The molecule has 162 valence electrons. The highest BCUT2D eigenvalue weighted by Gasteiger charge is 2.25. The Kier molecular flexibility index (Phi) is 13.2. The molecule has 0 spiro atoms. The minimum absolute atomic E-state index is 0. The maximum absolute atomic E-state index is 12.2. The number of hydrogen-bond acceptors (Lipinski definition) is 7. The number of ether oxygens (including phenoxy) is 4. The Morgan fingerprint density at radius 1 is 1.18 bits per heavy atom. The predicted octanol–water partition coefficient (Wildman–Crippen LogP) is 1.01. The van der Waals surface area contributed by atoms with Crippen molar-refractivity contribution in [2.24, 2.45) is 5.73 Å². The van der Waals surface area contributed by atoms with Crippen LogP contribution in [0.1, 0.15) is 11.6 Å². The van der Waals surface area contributed by atoms with Crippen molar-refractivity contribution in [1.29, 1.82) is 0 Å². The van der Waals surface area contributed by atoms with Crippen LogP contribution < -0.4 is 20.5 Å². The molecule has 0 bridgehead atoms. The Morgan fingerprint density at radius 2 is 1.82 bits per heavy atom. The summed E-state index contributed by atoms with van der Waals surface area (Å²) in [6, 6.07) is 5.11. The molecule has 3 N–H and O–H groups in total. The molecule has 2 atom stereocenters. The first-order valence-electron chi connectivity index (χ1n) is 8.66. The summed E-state index contributed by atoms with van der Waals surface area (Å²) in [5, 5.41) is 2.93. The SMILES string of the molecule is COCC(N)C(=O)NCC(c1ccc(OC)c(OC)c1)N1CCOCC1.Cl.Cl. The van der Waals surface area contributed by atoms with Gasteiger partial charge in [-0.05, 0) is 17.7 Å². The summed E-state index contributed by atoms with van der Waals surface area (Å²) in [6.45, 7) is 3.54. The van der Waals surface area contributed by atoms with Crippen molar-refractivity contribution in [2.75, 3.05) is 60.8 Å². The molecule has 1 saturated heterocycles. The topological polar surface area (TPSA) is 95.3 Å². The first-order chi connectivity index (χ1) is 12.6. The molecule has 0 aliphatic carbocycles. The van der Waals surface area contributed by atoms with Gasteiger partial charge in [-0.15, -0.1) is 24.8 Å². The van der Waals surface area contributed by atoms with Crippen LogP contribution in [0.2, 0.25) is 0 Å². The summed E-state index contributed by atoms with van der Waals surface area (Å²) < 4.78 is 21.1. The Balaban J connectivity index is 0.00000364. The summed E-state index contributed by atoms with van der Waals surface area (Å²) in [7, 11) is 4.73. The highest BCUT2D eigenvalue weighted by molar-refractivity contribution is 5.85. The molecule has 1 aliphatic rings. The van der Waals surface area contributed by atoms with Crippen molar-refractivity contribution in [1.82, 2.24) is 10.2 Å². The Bertz CT molecular complexity index is 588. The molecule has 10 heteroatoms. The van der Waals surface area contributed by atoms with Crippen LogP contribution in [-0.2, 0) is 14.3 Å². The molecule has 8 nitrogen and oxygen atoms in total. The second-order valence-corrected chi connectivity index (χ2v) is 6.09. The number of hydrogen-bond donors (Lipinski definition) is 2. The number of benzene rings is 1. The molecule has 0 saturated carbocycles. The van der Waals surface area contributed by atoms with Crippen molar-refractivity contribution in [3.63, 3.8) is 0 Å². The van der Waals surface area contributed by atoms with Crippen LogP contribution in [0.3, 0.4) is 0 Å². The van der Waals surface area contributed by atoms with Gasteiger partial charge in [-0.3, -0.25) is 9.69 Å². The number of rotatable bonds is 9. The summed E-state index contributed by atoms with van der Waals surface area (Å²) in [6.07, 6.45) is 0. The van der Waals surface area contributed by atoms with Gasteiger partial charge in [0.2, 0.25) is 5.91 Å². The standard InChI is InChI=1S/C18H29N3O5.2ClH/c1-23-12-14(19)18(22)20-11-15(21-6-8-26-9-7-21)13-4-5-16(24-2)17(10-13)25-3;;/h4-5,10,14-15H,6-9,11-12,19H2,1-3H3,(H,20,22);2*1H. The molecule has 28 heavy (non-hydrogen) atoms. The number of nitrogens with zero attached hydrogens (tertiary/aromatic N) is 1. The number of carbonyl (C=O) groups is 1. The van der Waals surface area contributed by atoms with Crippen molar-refractivity contribution in [3.8, 4) is 11.5 Å². The number of nitrogens with one attached hydrogen (secondary N) is 1. The van der Waals surface area contributed by atoms with E-state index < -0.39 is 6.04 Å². The zero-order valence-electron chi connectivity index (χ0n) is 16.5. The summed E-state index contributed by atoms with van der Waals surface area (Å²) in [5.41, 5.74) is 6.84. The van der Waals surface area contributed by atoms with Gasteiger partial charge < -0.3 is 30.0 Å². The molecular weight excluding hydrogens is 409 g/mol. The zero-order valence-corrected chi connectivity index (χ0v) is 18.1. The average molecular weight is 440 g/mol. The fraction of sp³-hybridized carbons (Fsp3) is 0.611. The fourth-order valence-electron chi connectivity index (χ4n) is 2.99. The van der Waals surface area contributed by atoms with E-state index in [4.69, 9.17) is 24.7 Å². The molecule has 1 aliphatic heterocycles. The lowest BCUT2D eigenvalue weighted by Crippen LogP contribution is -2.48. The van der Waals surface area contributed by atoms with E-state index in [2.05, 4.69) is 10.2 Å². The van der Waals surface area contributed by atoms with Crippen LogP contribution in [0.25, 0.3) is 0 Å². The van der Waals surface area contributed by atoms with Gasteiger partial charge in [-0.25, -0.2) is 0 Å². The Labute approximate surface area is 178 Å². The largest absolute Gasteiger partial charge is 0.493 e. The third-order valence-electron chi connectivity index (χ3n) is 4.43. The minimum atomic E-state index is -0.684. The second kappa shape index (κ2) is 13.8. The van der Waals surface area contributed by atoms with E-state index in [0.717, 1.165) is 18.7 Å². The number of carbonyl (C=O) groups excluding carboxylic acids is 1. The molecule has 1 aromatic carbocycles. The van der Waals surface area contributed by atoms with E-state index >= 15 is 0 Å². The lowest BCUT2D eigenvalue weighted by Gasteiger charge is -2.35. The van der Waals surface area contributed by atoms with Crippen LogP contribution >= 0.6 is 24.8 Å². The Hall–Kier alpha value is -1.29. The van der Waals surface area contributed by atoms with E-state index in [9.17, 15) is 4.79 Å². The van der Waals surface area contributed by atoms with E-state index in [1.807, 2.05) is 18.2 Å². The van der Waals surface area contributed by atoms with Crippen molar-refractivity contribution >= 4 is 30.7 Å². The first-order valence-corrected chi connectivity index (χ1v) is 8.66. The highest BCUT2D eigenvalue weighted by Crippen LogP contribution is 2.32. The van der Waals surface area contributed by atoms with Crippen LogP contribution in [-0.4, -0.2) is 77.6 Å². The van der Waals surface area contributed by atoms with Gasteiger partial charge >= 0.3 is 0 Å². The average Bonchev–Trinajstić information content (AvgIpc) is 2.68. The van der Waals surface area contributed by atoms with Crippen molar-refractivity contribution in [2.45, 2.75) is 12.1 Å². The smallest absolute Gasteiger partial charge is 0.239 e. The van der Waals surface area contributed by atoms with Crippen LogP contribution in [0.4, 0.5) is 0 Å². The van der Waals surface area contributed by atoms with Crippen LogP contribution in [0, 0.1) is 0 Å². The molecule has 1 heterocycles. The summed E-state index contributed by atoms with van der Waals surface area (Å²) in [5.74, 6) is 1.10. The lowest BCUT2D eigenvalue weighted by atomic mass is 10.0. The van der Waals surface area contributed by atoms with Crippen molar-refractivity contribution < 1.29 is 23.7 Å². The van der Waals surface area contributed by atoms with E-state index in [0.29, 0.717) is 31.3 Å². The normalized spacial score (nSPS) is 16.1.